The summed E-state index contributed by atoms with van der Waals surface area (Å²) >= 11 is 0. The number of nitrogens with two attached hydrogens (primary N) is 1. The number of halogens is 1. The zero-order valence-corrected chi connectivity index (χ0v) is 16.5. The minimum Gasteiger partial charge on any atom is -0.473 e. The average molecular weight is 460 g/mol. The van der Waals surface area contributed by atoms with Crippen molar-refractivity contribution in [1.82, 2.24) is 4.98 Å². The number of guanidine groups is 1. The molecular formula is C20H21IN4O. The minimum absolute atomic E-state index is 0. The molecule has 0 aliphatic heterocycles. The van der Waals surface area contributed by atoms with Crippen LogP contribution in [0.5, 0.6) is 5.88 Å². The second kappa shape index (κ2) is 10.4. The van der Waals surface area contributed by atoms with Crippen LogP contribution in [0, 0.1) is 0 Å². The summed E-state index contributed by atoms with van der Waals surface area (Å²) < 4.78 is 5.73. The molecular weight excluding hydrogens is 439 g/mol. The van der Waals surface area contributed by atoms with Crippen LogP contribution in [0.1, 0.15) is 11.1 Å². The van der Waals surface area contributed by atoms with E-state index in [9.17, 15) is 0 Å². The maximum absolute atomic E-state index is 5.92. The second-order valence-corrected chi connectivity index (χ2v) is 5.47. The number of anilines is 1. The van der Waals surface area contributed by atoms with Gasteiger partial charge in [0, 0.05) is 18.0 Å². The number of nitrogens with one attached hydrogen (secondary N) is 1. The Labute approximate surface area is 170 Å². The predicted molar refractivity (Wildman–Crippen MR) is 116 cm³/mol. The minimum atomic E-state index is 0. The molecule has 0 unspecified atom stereocenters. The van der Waals surface area contributed by atoms with Crippen molar-refractivity contribution in [3.63, 3.8) is 0 Å². The van der Waals surface area contributed by atoms with Crippen molar-refractivity contribution >= 4 is 35.6 Å². The van der Waals surface area contributed by atoms with E-state index in [2.05, 4.69) is 15.3 Å². The molecule has 0 radical (unpaired) electrons. The number of para-hydroxylation sites is 1. The number of aromatic nitrogens is 1. The fourth-order valence-corrected chi connectivity index (χ4v) is 2.24. The highest BCUT2D eigenvalue weighted by atomic mass is 127. The molecule has 2 aromatic carbocycles. The van der Waals surface area contributed by atoms with E-state index in [1.165, 1.54) is 0 Å². The van der Waals surface area contributed by atoms with Gasteiger partial charge in [0.2, 0.25) is 5.88 Å². The lowest BCUT2D eigenvalue weighted by molar-refractivity contribution is 0.293. The first-order chi connectivity index (χ1) is 12.3. The molecule has 0 spiro atoms. The molecule has 0 atom stereocenters. The van der Waals surface area contributed by atoms with Crippen LogP contribution in [0.2, 0.25) is 0 Å². The molecule has 0 saturated carbocycles. The standard InChI is InChI=1S/C20H20N4O.HI/c21-20(24-18-9-5-2-6-10-18)23-14-17-11-12-22-19(13-17)25-15-16-7-3-1-4-8-16;/h1-13H,14-15H2,(H3,21,23,24);1H. The topological polar surface area (TPSA) is 72.5 Å². The fourth-order valence-electron chi connectivity index (χ4n) is 2.24. The summed E-state index contributed by atoms with van der Waals surface area (Å²) in [6, 6.07) is 23.5. The second-order valence-electron chi connectivity index (χ2n) is 5.47. The van der Waals surface area contributed by atoms with E-state index in [1.807, 2.05) is 72.8 Å². The lowest BCUT2D eigenvalue weighted by Gasteiger charge is -2.07. The van der Waals surface area contributed by atoms with Crippen LogP contribution in [0.4, 0.5) is 5.69 Å². The normalized spacial score (nSPS) is 10.7. The van der Waals surface area contributed by atoms with E-state index in [0.29, 0.717) is 25.0 Å². The number of pyridine rings is 1. The van der Waals surface area contributed by atoms with Gasteiger partial charge in [-0.3, -0.25) is 0 Å². The quantitative estimate of drug-likeness (QED) is 0.329. The summed E-state index contributed by atoms with van der Waals surface area (Å²) in [5, 5.41) is 3.05. The molecule has 3 N–H and O–H groups in total. The van der Waals surface area contributed by atoms with E-state index in [0.717, 1.165) is 16.8 Å². The molecule has 134 valence electrons. The number of rotatable bonds is 6. The van der Waals surface area contributed by atoms with Gasteiger partial charge in [0.15, 0.2) is 5.96 Å². The van der Waals surface area contributed by atoms with Crippen LogP contribution >= 0.6 is 24.0 Å². The van der Waals surface area contributed by atoms with Gasteiger partial charge in [-0.15, -0.1) is 24.0 Å². The molecule has 0 aliphatic rings. The Balaban J connectivity index is 0.00000243. The van der Waals surface area contributed by atoms with Crippen molar-refractivity contribution < 1.29 is 4.74 Å². The predicted octanol–water partition coefficient (Wildman–Crippen LogP) is 4.21. The van der Waals surface area contributed by atoms with E-state index in [-0.39, 0.29) is 24.0 Å². The third-order valence-corrected chi connectivity index (χ3v) is 3.51. The van der Waals surface area contributed by atoms with Gasteiger partial charge in [-0.1, -0.05) is 48.5 Å². The first-order valence-corrected chi connectivity index (χ1v) is 8.03. The summed E-state index contributed by atoms with van der Waals surface area (Å²) in [6.07, 6.45) is 1.71. The highest BCUT2D eigenvalue weighted by Gasteiger charge is 2.00. The Morgan fingerprint density at radius 3 is 2.38 bits per heavy atom. The van der Waals surface area contributed by atoms with Crippen LogP contribution in [0.3, 0.4) is 0 Å². The molecule has 0 aliphatic carbocycles. The molecule has 3 aromatic rings. The van der Waals surface area contributed by atoms with Gasteiger partial charge in [0.25, 0.3) is 0 Å². The molecule has 0 bridgehead atoms. The molecule has 0 fully saturated rings. The van der Waals surface area contributed by atoms with Crippen molar-refractivity contribution in [2.24, 2.45) is 10.7 Å². The van der Waals surface area contributed by atoms with Crippen molar-refractivity contribution in [3.05, 3.63) is 90.1 Å². The number of hydrogen-bond acceptors (Lipinski definition) is 3. The first kappa shape index (κ1) is 19.7. The molecule has 0 saturated heterocycles. The highest BCUT2D eigenvalue weighted by Crippen LogP contribution is 2.13. The first-order valence-electron chi connectivity index (χ1n) is 8.03. The van der Waals surface area contributed by atoms with Crippen molar-refractivity contribution in [2.45, 2.75) is 13.2 Å². The van der Waals surface area contributed by atoms with E-state index in [1.54, 1.807) is 6.20 Å². The lowest BCUT2D eigenvalue weighted by Crippen LogP contribution is -2.22. The number of benzene rings is 2. The summed E-state index contributed by atoms with van der Waals surface area (Å²) in [5.41, 5.74) is 8.91. The van der Waals surface area contributed by atoms with Gasteiger partial charge in [-0.25, -0.2) is 9.98 Å². The van der Waals surface area contributed by atoms with Gasteiger partial charge in [0.05, 0.1) is 6.54 Å². The maximum atomic E-state index is 5.92. The van der Waals surface area contributed by atoms with Gasteiger partial charge < -0.3 is 15.8 Å². The van der Waals surface area contributed by atoms with Gasteiger partial charge >= 0.3 is 0 Å². The molecule has 6 heteroatoms. The van der Waals surface area contributed by atoms with E-state index in [4.69, 9.17) is 10.5 Å². The Hall–Kier alpha value is -2.61. The summed E-state index contributed by atoms with van der Waals surface area (Å²) in [6.45, 7) is 0.939. The SMILES string of the molecule is I.NC(=NCc1ccnc(OCc2ccccc2)c1)Nc1ccccc1. The van der Waals surface area contributed by atoms with Crippen molar-refractivity contribution in [1.29, 1.82) is 0 Å². The molecule has 1 aromatic heterocycles. The zero-order chi connectivity index (χ0) is 17.3. The smallest absolute Gasteiger partial charge is 0.213 e. The average Bonchev–Trinajstić information content (AvgIpc) is 2.67. The molecule has 3 rings (SSSR count). The van der Waals surface area contributed by atoms with Crippen LogP contribution in [0.25, 0.3) is 0 Å². The number of ether oxygens (including phenoxy) is 1. The van der Waals surface area contributed by atoms with E-state index < -0.39 is 0 Å². The Bertz CT molecular complexity index is 825. The van der Waals surface area contributed by atoms with Gasteiger partial charge in [0.1, 0.15) is 6.61 Å². The third-order valence-electron chi connectivity index (χ3n) is 3.51. The summed E-state index contributed by atoms with van der Waals surface area (Å²) in [4.78, 5) is 8.58. The Morgan fingerprint density at radius 1 is 0.962 bits per heavy atom. The zero-order valence-electron chi connectivity index (χ0n) is 14.2. The number of aliphatic imine (C=N–C) groups is 1. The monoisotopic (exact) mass is 460 g/mol. The van der Waals surface area contributed by atoms with Crippen LogP contribution in [-0.4, -0.2) is 10.9 Å². The van der Waals surface area contributed by atoms with Crippen molar-refractivity contribution in [3.8, 4) is 5.88 Å². The Morgan fingerprint density at radius 2 is 1.65 bits per heavy atom. The van der Waals surface area contributed by atoms with Gasteiger partial charge in [-0.05, 0) is 29.3 Å². The summed E-state index contributed by atoms with van der Waals surface area (Å²) in [7, 11) is 0. The molecule has 5 nitrogen and oxygen atoms in total. The maximum Gasteiger partial charge on any atom is 0.213 e. The fraction of sp³-hybridized carbons (Fsp3) is 0.100. The van der Waals surface area contributed by atoms with Crippen molar-refractivity contribution in [2.75, 3.05) is 5.32 Å². The number of nitrogens with zero attached hydrogens (tertiary/aromatic N) is 2. The largest absolute Gasteiger partial charge is 0.473 e. The molecule has 0 amide bonds. The van der Waals surface area contributed by atoms with Crippen LogP contribution in [0.15, 0.2) is 84.0 Å². The summed E-state index contributed by atoms with van der Waals surface area (Å²) in [5.74, 6) is 0.945. The molecule has 26 heavy (non-hydrogen) atoms. The van der Waals surface area contributed by atoms with Gasteiger partial charge in [-0.2, -0.15) is 0 Å². The number of hydrogen-bond donors (Lipinski definition) is 2. The third kappa shape index (κ3) is 6.36. The van der Waals surface area contributed by atoms with E-state index >= 15 is 0 Å². The highest BCUT2D eigenvalue weighted by molar-refractivity contribution is 14.0. The molecule has 1 heterocycles. The lowest BCUT2D eigenvalue weighted by atomic mass is 10.2. The van der Waals surface area contributed by atoms with Crippen LogP contribution in [-0.2, 0) is 13.2 Å². The Kier molecular flexibility index (Phi) is 7.88. The van der Waals surface area contributed by atoms with Crippen LogP contribution < -0.4 is 15.8 Å².